The number of urea groups is 1. The number of carboxylic acids is 1. The summed E-state index contributed by atoms with van der Waals surface area (Å²) in [6.45, 7) is 2.34. The van der Waals surface area contributed by atoms with Gasteiger partial charge in [-0.05, 0) is 25.7 Å². The van der Waals surface area contributed by atoms with E-state index in [0.717, 1.165) is 12.8 Å². The van der Waals surface area contributed by atoms with Crippen molar-refractivity contribution in [1.29, 1.82) is 0 Å². The summed E-state index contributed by atoms with van der Waals surface area (Å²) in [6.07, 6.45) is 3.15. The molecule has 2 atom stereocenters. The molecule has 5 nitrogen and oxygen atoms in total. The van der Waals surface area contributed by atoms with Crippen LogP contribution in [0.2, 0.25) is 0 Å². The number of rotatable bonds is 2. The minimum absolute atomic E-state index is 0.0681. The summed E-state index contributed by atoms with van der Waals surface area (Å²) in [6, 6.07) is -0.348. The zero-order valence-electron chi connectivity index (χ0n) is 11.7. The molecule has 3 fully saturated rings. The van der Waals surface area contributed by atoms with Gasteiger partial charge in [-0.1, -0.05) is 6.42 Å². The molecule has 2 saturated carbocycles. The maximum Gasteiger partial charge on any atom is 0.317 e. The molecular weight excluding hydrogens is 263 g/mol. The van der Waals surface area contributed by atoms with Crippen LogP contribution >= 0.6 is 0 Å². The van der Waals surface area contributed by atoms with Crippen molar-refractivity contribution in [3.05, 3.63) is 0 Å². The van der Waals surface area contributed by atoms with Gasteiger partial charge in [0.2, 0.25) is 0 Å². The average Bonchev–Trinajstić information content (AvgIpc) is 2.82. The van der Waals surface area contributed by atoms with Gasteiger partial charge in [0.25, 0.3) is 0 Å². The molecule has 2 amide bonds. The summed E-state index contributed by atoms with van der Waals surface area (Å²) < 4.78 is 13.4. The number of carbonyl (C=O) groups is 2. The van der Waals surface area contributed by atoms with E-state index in [-0.39, 0.29) is 18.0 Å². The van der Waals surface area contributed by atoms with Crippen molar-refractivity contribution in [2.24, 2.45) is 11.3 Å². The van der Waals surface area contributed by atoms with E-state index in [4.69, 9.17) is 0 Å². The van der Waals surface area contributed by atoms with Crippen molar-refractivity contribution in [2.45, 2.75) is 50.7 Å². The molecule has 3 aliphatic rings. The van der Waals surface area contributed by atoms with Gasteiger partial charge in [-0.15, -0.1) is 0 Å². The van der Waals surface area contributed by atoms with Crippen molar-refractivity contribution in [3.63, 3.8) is 0 Å². The van der Waals surface area contributed by atoms with Gasteiger partial charge in [0, 0.05) is 32.0 Å². The number of aliphatic carboxylic acids is 1. The number of hydrogen-bond acceptors (Lipinski definition) is 2. The van der Waals surface area contributed by atoms with E-state index >= 15 is 0 Å². The minimum Gasteiger partial charge on any atom is -0.481 e. The number of fused-ring (bicyclic) bond motifs is 1. The molecule has 3 rings (SSSR count). The van der Waals surface area contributed by atoms with Crippen LogP contribution in [0.15, 0.2) is 0 Å². The Hall–Kier alpha value is -1.33. The second kappa shape index (κ2) is 4.33. The van der Waals surface area contributed by atoms with Gasteiger partial charge < -0.3 is 15.3 Å². The van der Waals surface area contributed by atoms with Crippen LogP contribution < -0.4 is 5.32 Å². The fraction of sp³-hybridized carbons (Fsp3) is 0.857. The average molecular weight is 284 g/mol. The Morgan fingerprint density at radius 3 is 2.65 bits per heavy atom. The zero-order valence-corrected chi connectivity index (χ0v) is 11.7. The second-order valence-corrected chi connectivity index (χ2v) is 6.90. The van der Waals surface area contributed by atoms with Crippen molar-refractivity contribution < 1.29 is 19.1 Å². The number of carbonyl (C=O) groups excluding carboxylic acids is 1. The van der Waals surface area contributed by atoms with Gasteiger partial charge in [0.1, 0.15) is 5.67 Å². The molecule has 1 heterocycles. The quantitative estimate of drug-likeness (QED) is 0.812. The lowest BCUT2D eigenvalue weighted by atomic mass is 9.79. The minimum atomic E-state index is -1.16. The summed E-state index contributed by atoms with van der Waals surface area (Å²) in [5.74, 6) is -0.714. The van der Waals surface area contributed by atoms with Crippen LogP contribution in [0.5, 0.6) is 0 Å². The van der Waals surface area contributed by atoms with Crippen LogP contribution in [0.25, 0.3) is 0 Å². The van der Waals surface area contributed by atoms with Gasteiger partial charge in [0.15, 0.2) is 0 Å². The first kappa shape index (κ1) is 13.6. The van der Waals surface area contributed by atoms with E-state index in [1.165, 1.54) is 6.92 Å². The highest BCUT2D eigenvalue weighted by molar-refractivity contribution is 5.80. The molecule has 1 aliphatic heterocycles. The Kier molecular flexibility index (Phi) is 2.95. The largest absolute Gasteiger partial charge is 0.481 e. The van der Waals surface area contributed by atoms with Gasteiger partial charge in [-0.2, -0.15) is 0 Å². The molecule has 2 N–H and O–H groups in total. The lowest BCUT2D eigenvalue weighted by Gasteiger charge is -2.39. The Labute approximate surface area is 117 Å². The maximum absolute atomic E-state index is 13.4. The maximum atomic E-state index is 13.4. The molecule has 0 bridgehead atoms. The molecule has 20 heavy (non-hydrogen) atoms. The van der Waals surface area contributed by atoms with E-state index in [1.54, 1.807) is 4.90 Å². The lowest BCUT2D eigenvalue weighted by Crippen LogP contribution is -2.54. The SMILES string of the molecule is CC1(F)CC(NC(=O)N2C[C@@H]3CCC[C@@]3(C(=O)O)C2)C1. The van der Waals surface area contributed by atoms with E-state index < -0.39 is 17.1 Å². The second-order valence-electron chi connectivity index (χ2n) is 6.90. The Bertz CT molecular complexity index is 446. The summed E-state index contributed by atoms with van der Waals surface area (Å²) in [5, 5.41) is 12.3. The van der Waals surface area contributed by atoms with Crippen LogP contribution in [-0.4, -0.2) is 46.8 Å². The number of amides is 2. The molecule has 1 saturated heterocycles. The molecule has 2 aliphatic carbocycles. The predicted octanol–water partition coefficient (Wildman–Crippen LogP) is 1.77. The van der Waals surface area contributed by atoms with Crippen molar-refractivity contribution in [3.8, 4) is 0 Å². The molecule has 112 valence electrons. The molecule has 0 aromatic rings. The van der Waals surface area contributed by atoms with E-state index in [1.807, 2.05) is 0 Å². The zero-order chi connectivity index (χ0) is 14.5. The van der Waals surface area contributed by atoms with Crippen LogP contribution in [0, 0.1) is 11.3 Å². The number of nitrogens with zero attached hydrogens (tertiary/aromatic N) is 1. The number of nitrogens with one attached hydrogen (secondary N) is 1. The molecular formula is C14H21FN2O3. The fourth-order valence-corrected chi connectivity index (χ4v) is 4.13. The summed E-state index contributed by atoms with van der Waals surface area (Å²) in [4.78, 5) is 25.3. The molecule has 0 aromatic carbocycles. The first-order valence-corrected chi connectivity index (χ1v) is 7.30. The summed E-state index contributed by atoms with van der Waals surface area (Å²) >= 11 is 0. The third-order valence-electron chi connectivity index (χ3n) is 5.26. The highest BCUT2D eigenvalue weighted by atomic mass is 19.1. The van der Waals surface area contributed by atoms with Crippen molar-refractivity contribution in [1.82, 2.24) is 10.2 Å². The number of likely N-dealkylation sites (tertiary alicyclic amines) is 1. The van der Waals surface area contributed by atoms with Crippen LogP contribution in [0.1, 0.15) is 39.0 Å². The molecule has 0 spiro atoms. The number of halogens is 1. The Morgan fingerprint density at radius 2 is 2.10 bits per heavy atom. The van der Waals surface area contributed by atoms with Crippen molar-refractivity contribution in [2.75, 3.05) is 13.1 Å². The highest BCUT2D eigenvalue weighted by Gasteiger charge is 2.56. The monoisotopic (exact) mass is 284 g/mol. The molecule has 0 unspecified atom stereocenters. The summed E-state index contributed by atoms with van der Waals surface area (Å²) in [5.41, 5.74) is -1.91. The molecule has 0 aromatic heterocycles. The standard InChI is InChI=1S/C14H21FN2O3/c1-13(15)5-10(6-13)16-12(20)17-7-9-3-2-4-14(9,8-17)11(18)19/h9-10H,2-8H2,1H3,(H,16,20)(H,18,19)/t9-,10?,13?,14+/m0/s1. The number of carboxylic acid groups (broad SMARTS) is 1. The Balaban J connectivity index is 1.60. The summed E-state index contributed by atoms with van der Waals surface area (Å²) in [7, 11) is 0. The number of alkyl halides is 1. The van der Waals surface area contributed by atoms with Crippen LogP contribution in [0.3, 0.4) is 0 Å². The van der Waals surface area contributed by atoms with Gasteiger partial charge in [-0.3, -0.25) is 4.79 Å². The highest BCUT2D eigenvalue weighted by Crippen LogP contribution is 2.49. The first-order valence-electron chi connectivity index (χ1n) is 7.30. The van der Waals surface area contributed by atoms with E-state index in [9.17, 15) is 19.1 Å². The topological polar surface area (TPSA) is 69.6 Å². The van der Waals surface area contributed by atoms with Gasteiger partial charge >= 0.3 is 12.0 Å². The van der Waals surface area contributed by atoms with Gasteiger partial charge in [0.05, 0.1) is 5.41 Å². The normalized spacial score (nSPS) is 43.0. The third-order valence-corrected chi connectivity index (χ3v) is 5.26. The Morgan fingerprint density at radius 1 is 1.40 bits per heavy atom. The van der Waals surface area contributed by atoms with Crippen LogP contribution in [-0.2, 0) is 4.79 Å². The molecule has 0 radical (unpaired) electrons. The van der Waals surface area contributed by atoms with Crippen molar-refractivity contribution >= 4 is 12.0 Å². The first-order chi connectivity index (χ1) is 9.32. The molecule has 6 heteroatoms. The van der Waals surface area contributed by atoms with E-state index in [2.05, 4.69) is 5.32 Å². The van der Waals surface area contributed by atoms with Gasteiger partial charge in [-0.25, -0.2) is 9.18 Å². The van der Waals surface area contributed by atoms with E-state index in [0.29, 0.717) is 32.4 Å². The lowest BCUT2D eigenvalue weighted by molar-refractivity contribution is -0.149. The third kappa shape index (κ3) is 2.05. The predicted molar refractivity (Wildman–Crippen MR) is 70.0 cm³/mol. The van der Waals surface area contributed by atoms with Crippen LogP contribution in [0.4, 0.5) is 9.18 Å². The smallest absolute Gasteiger partial charge is 0.317 e. The fourth-order valence-electron chi connectivity index (χ4n) is 4.13. The number of hydrogen-bond donors (Lipinski definition) is 2.